The Kier molecular flexibility index (Phi) is 5.40. The zero-order chi connectivity index (χ0) is 16.8. The van der Waals surface area contributed by atoms with Gasteiger partial charge >= 0.3 is 6.03 Å². The van der Waals surface area contributed by atoms with Gasteiger partial charge in [0.15, 0.2) is 0 Å². The lowest BCUT2D eigenvalue weighted by Gasteiger charge is -2.35. The van der Waals surface area contributed by atoms with Gasteiger partial charge in [-0.1, -0.05) is 6.07 Å². The maximum absolute atomic E-state index is 12.6. The number of hydrogen-bond acceptors (Lipinski definition) is 4. The molecular formula is C17H24N6O. The summed E-state index contributed by atoms with van der Waals surface area (Å²) < 4.78 is 1.99. The first-order valence-electron chi connectivity index (χ1n) is 8.61. The number of rotatable bonds is 5. The average molecular weight is 328 g/mol. The molecule has 0 unspecified atom stereocenters. The Hall–Kier alpha value is -2.44. The van der Waals surface area contributed by atoms with Crippen LogP contribution in [0.15, 0.2) is 30.7 Å². The molecule has 7 heteroatoms. The molecular weight excluding hydrogens is 304 g/mol. The Morgan fingerprint density at radius 1 is 1.38 bits per heavy atom. The Balaban J connectivity index is 1.58. The van der Waals surface area contributed by atoms with E-state index >= 15 is 0 Å². The molecule has 1 atom stereocenters. The van der Waals surface area contributed by atoms with Crippen molar-refractivity contribution in [1.82, 2.24) is 30.0 Å². The molecule has 3 rings (SSSR count). The molecule has 24 heavy (non-hydrogen) atoms. The van der Waals surface area contributed by atoms with Crippen LogP contribution in [0.3, 0.4) is 0 Å². The Labute approximate surface area is 142 Å². The molecule has 0 radical (unpaired) electrons. The van der Waals surface area contributed by atoms with Gasteiger partial charge in [0.2, 0.25) is 0 Å². The quantitative estimate of drug-likeness (QED) is 0.912. The summed E-state index contributed by atoms with van der Waals surface area (Å²) in [7, 11) is 0. The number of aromatic nitrogens is 4. The standard InChI is InChI=1S/C17H24N6O/c1-2-22-13-20-21-16(22)9-11-19-17(24)23-12-6-4-8-15(23)14-7-3-5-10-18-14/h3,5,7,10,13,15H,2,4,6,8-9,11-12H2,1H3,(H,19,24)/t15-/m0/s1. The molecule has 0 spiro atoms. The lowest BCUT2D eigenvalue weighted by Crippen LogP contribution is -2.45. The predicted molar refractivity (Wildman–Crippen MR) is 90.3 cm³/mol. The molecule has 0 aliphatic carbocycles. The van der Waals surface area contributed by atoms with E-state index in [-0.39, 0.29) is 12.1 Å². The topological polar surface area (TPSA) is 75.9 Å². The molecule has 3 heterocycles. The minimum absolute atomic E-state index is 0.0204. The van der Waals surface area contributed by atoms with Crippen molar-refractivity contribution in [2.24, 2.45) is 0 Å². The molecule has 0 saturated carbocycles. The molecule has 1 saturated heterocycles. The van der Waals surface area contributed by atoms with Crippen molar-refractivity contribution in [2.75, 3.05) is 13.1 Å². The summed E-state index contributed by atoms with van der Waals surface area (Å²) in [5.41, 5.74) is 0.970. The largest absolute Gasteiger partial charge is 0.338 e. The van der Waals surface area contributed by atoms with Gasteiger partial charge in [0, 0.05) is 32.3 Å². The van der Waals surface area contributed by atoms with E-state index in [0.29, 0.717) is 13.0 Å². The number of nitrogens with zero attached hydrogens (tertiary/aromatic N) is 5. The Bertz CT molecular complexity index is 656. The number of pyridine rings is 1. The highest BCUT2D eigenvalue weighted by molar-refractivity contribution is 5.74. The molecule has 1 N–H and O–H groups in total. The average Bonchev–Trinajstić information content (AvgIpc) is 3.10. The number of hydrogen-bond donors (Lipinski definition) is 1. The summed E-state index contributed by atoms with van der Waals surface area (Å²) in [6, 6.07) is 5.93. The van der Waals surface area contributed by atoms with Gasteiger partial charge in [0.25, 0.3) is 0 Å². The molecule has 1 aliphatic heterocycles. The van der Waals surface area contributed by atoms with Crippen LogP contribution in [0.1, 0.15) is 43.7 Å². The number of aryl methyl sites for hydroxylation is 1. The van der Waals surface area contributed by atoms with E-state index in [1.54, 1.807) is 12.5 Å². The predicted octanol–water partition coefficient (Wildman–Crippen LogP) is 2.17. The highest BCUT2D eigenvalue weighted by atomic mass is 16.2. The van der Waals surface area contributed by atoms with Crippen LogP contribution >= 0.6 is 0 Å². The fraction of sp³-hybridized carbons (Fsp3) is 0.529. The number of nitrogens with one attached hydrogen (secondary N) is 1. The molecule has 2 aromatic rings. The second-order valence-corrected chi connectivity index (χ2v) is 5.97. The molecule has 1 fully saturated rings. The van der Waals surface area contributed by atoms with Crippen molar-refractivity contribution in [3.63, 3.8) is 0 Å². The first-order valence-corrected chi connectivity index (χ1v) is 8.61. The van der Waals surface area contributed by atoms with Crippen LogP contribution in [0.2, 0.25) is 0 Å². The maximum Gasteiger partial charge on any atom is 0.317 e. The number of carbonyl (C=O) groups excluding carboxylic acids is 1. The lowest BCUT2D eigenvalue weighted by atomic mass is 9.99. The van der Waals surface area contributed by atoms with E-state index in [0.717, 1.165) is 43.9 Å². The zero-order valence-corrected chi connectivity index (χ0v) is 14.1. The van der Waals surface area contributed by atoms with Crippen LogP contribution in [0.4, 0.5) is 4.79 Å². The van der Waals surface area contributed by atoms with Crippen molar-refractivity contribution in [3.05, 3.63) is 42.2 Å². The van der Waals surface area contributed by atoms with Gasteiger partial charge in [-0.3, -0.25) is 4.98 Å². The van der Waals surface area contributed by atoms with Gasteiger partial charge in [-0.05, 0) is 38.3 Å². The minimum Gasteiger partial charge on any atom is -0.338 e. The summed E-state index contributed by atoms with van der Waals surface area (Å²) >= 11 is 0. The third kappa shape index (κ3) is 3.72. The van der Waals surface area contributed by atoms with E-state index < -0.39 is 0 Å². The minimum atomic E-state index is -0.0204. The van der Waals surface area contributed by atoms with Crippen molar-refractivity contribution < 1.29 is 4.79 Å². The number of carbonyl (C=O) groups is 1. The fourth-order valence-electron chi connectivity index (χ4n) is 3.17. The van der Waals surface area contributed by atoms with Crippen LogP contribution in [-0.4, -0.2) is 43.8 Å². The Morgan fingerprint density at radius 2 is 2.29 bits per heavy atom. The summed E-state index contributed by atoms with van der Waals surface area (Å²) in [5.74, 6) is 0.901. The van der Waals surface area contributed by atoms with Crippen molar-refractivity contribution in [3.8, 4) is 0 Å². The molecule has 1 aliphatic rings. The van der Waals surface area contributed by atoms with Crippen molar-refractivity contribution in [2.45, 2.75) is 45.2 Å². The first kappa shape index (κ1) is 16.4. The zero-order valence-electron chi connectivity index (χ0n) is 14.1. The van der Waals surface area contributed by atoms with E-state index in [1.807, 2.05) is 27.7 Å². The molecule has 2 amide bonds. The van der Waals surface area contributed by atoms with E-state index in [2.05, 4.69) is 27.4 Å². The first-order chi connectivity index (χ1) is 11.8. The highest BCUT2D eigenvalue weighted by Crippen LogP contribution is 2.29. The fourth-order valence-corrected chi connectivity index (χ4v) is 3.17. The third-order valence-electron chi connectivity index (χ3n) is 4.45. The highest BCUT2D eigenvalue weighted by Gasteiger charge is 2.28. The SMILES string of the molecule is CCn1cnnc1CCNC(=O)N1CCCC[C@H]1c1ccccn1. The normalized spacial score (nSPS) is 17.7. The molecule has 0 aromatic carbocycles. The van der Waals surface area contributed by atoms with Crippen LogP contribution in [0.25, 0.3) is 0 Å². The second-order valence-electron chi connectivity index (χ2n) is 5.97. The van der Waals surface area contributed by atoms with Crippen LogP contribution in [0, 0.1) is 0 Å². The monoisotopic (exact) mass is 328 g/mol. The number of likely N-dealkylation sites (tertiary alicyclic amines) is 1. The third-order valence-corrected chi connectivity index (χ3v) is 4.45. The molecule has 128 valence electrons. The number of urea groups is 1. The van der Waals surface area contributed by atoms with E-state index in [1.165, 1.54) is 0 Å². The molecule has 0 bridgehead atoms. The smallest absolute Gasteiger partial charge is 0.317 e. The van der Waals surface area contributed by atoms with Gasteiger partial charge in [0.1, 0.15) is 12.2 Å². The van der Waals surface area contributed by atoms with Crippen LogP contribution < -0.4 is 5.32 Å². The second kappa shape index (κ2) is 7.90. The number of amides is 2. The molecule has 2 aromatic heterocycles. The summed E-state index contributed by atoms with van der Waals surface area (Å²) in [5, 5.41) is 11.0. The molecule has 7 nitrogen and oxygen atoms in total. The maximum atomic E-state index is 12.6. The Morgan fingerprint density at radius 3 is 3.08 bits per heavy atom. The van der Waals surface area contributed by atoms with Crippen LogP contribution in [-0.2, 0) is 13.0 Å². The lowest BCUT2D eigenvalue weighted by molar-refractivity contribution is 0.150. The van der Waals surface area contributed by atoms with Gasteiger partial charge in [-0.25, -0.2) is 4.79 Å². The van der Waals surface area contributed by atoms with Gasteiger partial charge in [-0.15, -0.1) is 10.2 Å². The summed E-state index contributed by atoms with van der Waals surface area (Å²) in [6.07, 6.45) is 7.33. The van der Waals surface area contributed by atoms with Crippen molar-refractivity contribution in [1.29, 1.82) is 0 Å². The van der Waals surface area contributed by atoms with Gasteiger partial charge < -0.3 is 14.8 Å². The van der Waals surface area contributed by atoms with E-state index in [4.69, 9.17) is 0 Å². The van der Waals surface area contributed by atoms with Crippen molar-refractivity contribution >= 4 is 6.03 Å². The summed E-state index contributed by atoms with van der Waals surface area (Å²) in [6.45, 7) is 4.22. The van der Waals surface area contributed by atoms with Gasteiger partial charge in [0.05, 0.1) is 11.7 Å². The number of piperidine rings is 1. The summed E-state index contributed by atoms with van der Waals surface area (Å²) in [4.78, 5) is 19.0. The van der Waals surface area contributed by atoms with E-state index in [9.17, 15) is 4.79 Å². The van der Waals surface area contributed by atoms with Crippen LogP contribution in [0.5, 0.6) is 0 Å². The van der Waals surface area contributed by atoms with Gasteiger partial charge in [-0.2, -0.15) is 0 Å².